The van der Waals surface area contributed by atoms with Crippen LogP contribution in [0.25, 0.3) is 0 Å². The van der Waals surface area contributed by atoms with Gasteiger partial charge in [0.25, 0.3) is 0 Å². The molecule has 2 aromatic rings. The Morgan fingerprint density at radius 1 is 1.24 bits per heavy atom. The van der Waals surface area contributed by atoms with Crippen LogP contribution in [0.1, 0.15) is 12.5 Å². The Labute approximate surface area is 174 Å². The summed E-state index contributed by atoms with van der Waals surface area (Å²) >= 11 is 6.04. The summed E-state index contributed by atoms with van der Waals surface area (Å²) in [4.78, 5) is 12.7. The number of anilines is 1. The van der Waals surface area contributed by atoms with Gasteiger partial charge in [-0.2, -0.15) is 0 Å². The minimum atomic E-state index is -3.81. The minimum Gasteiger partial charge on any atom is -0.495 e. The van der Waals surface area contributed by atoms with Crippen LogP contribution < -0.4 is 23.8 Å². The number of nitrogens with zero attached hydrogens (tertiary/aromatic N) is 1. The fourth-order valence-corrected chi connectivity index (χ4v) is 4.34. The van der Waals surface area contributed by atoms with Crippen molar-refractivity contribution >= 4 is 33.2 Å². The number of halogens is 1. The number of carbonyl (C=O) groups is 1. The Balaban J connectivity index is 1.80. The highest BCUT2D eigenvalue weighted by atomic mass is 35.5. The normalized spacial score (nSPS) is 13.7. The Hall–Kier alpha value is -2.65. The van der Waals surface area contributed by atoms with Crippen molar-refractivity contribution in [1.29, 1.82) is 0 Å². The van der Waals surface area contributed by atoms with Crippen molar-refractivity contribution in [2.24, 2.45) is 0 Å². The maximum Gasteiger partial charge on any atom is 0.243 e. The van der Waals surface area contributed by atoms with Crippen LogP contribution >= 0.6 is 11.6 Å². The van der Waals surface area contributed by atoms with E-state index in [9.17, 15) is 13.2 Å². The first-order valence-corrected chi connectivity index (χ1v) is 10.9. The topological polar surface area (TPSA) is 94.2 Å². The van der Waals surface area contributed by atoms with Crippen LogP contribution in [0.2, 0.25) is 5.02 Å². The van der Waals surface area contributed by atoms with E-state index in [4.69, 9.17) is 25.8 Å². The van der Waals surface area contributed by atoms with Gasteiger partial charge in [0.15, 0.2) is 11.5 Å². The van der Waals surface area contributed by atoms with Gasteiger partial charge >= 0.3 is 0 Å². The van der Waals surface area contributed by atoms with Crippen LogP contribution in [0.15, 0.2) is 36.4 Å². The van der Waals surface area contributed by atoms with Gasteiger partial charge in [0.1, 0.15) is 11.8 Å². The highest BCUT2D eigenvalue weighted by Crippen LogP contribution is 2.34. The maximum atomic E-state index is 12.7. The molecule has 1 heterocycles. The zero-order chi connectivity index (χ0) is 21.2. The molecule has 1 amide bonds. The molecule has 156 valence electrons. The van der Waals surface area contributed by atoms with Gasteiger partial charge < -0.3 is 19.5 Å². The van der Waals surface area contributed by atoms with E-state index in [0.717, 1.165) is 16.1 Å². The van der Waals surface area contributed by atoms with Gasteiger partial charge in [-0.25, -0.2) is 8.42 Å². The number of fused-ring (bicyclic) bond motifs is 1. The summed E-state index contributed by atoms with van der Waals surface area (Å²) in [6.45, 7) is 1.85. The molecule has 0 spiro atoms. The van der Waals surface area contributed by atoms with Crippen molar-refractivity contribution in [2.75, 3.05) is 24.5 Å². The van der Waals surface area contributed by atoms with E-state index in [2.05, 4.69) is 5.32 Å². The monoisotopic (exact) mass is 440 g/mol. The van der Waals surface area contributed by atoms with E-state index in [1.807, 2.05) is 0 Å². The van der Waals surface area contributed by atoms with Gasteiger partial charge in [0, 0.05) is 11.6 Å². The summed E-state index contributed by atoms with van der Waals surface area (Å²) in [5.74, 6) is 1.06. The molecule has 0 aliphatic carbocycles. The zero-order valence-electron chi connectivity index (χ0n) is 16.1. The first kappa shape index (κ1) is 21.1. The fraction of sp³-hybridized carbons (Fsp3) is 0.316. The van der Waals surface area contributed by atoms with Gasteiger partial charge in [-0.15, -0.1) is 0 Å². The standard InChI is InChI=1S/C19H21ClN2O6S/c1-12(19(23)21-10-13-4-6-17-18(8-13)28-11-27-17)22(29(3,24)25)15-9-14(20)5-7-16(15)26-2/h4-9,12H,10-11H2,1-3H3,(H,21,23)/t12-/m0/s1. The number of sulfonamides is 1. The van der Waals surface area contributed by atoms with Crippen LogP contribution in [-0.2, 0) is 21.4 Å². The summed E-state index contributed by atoms with van der Waals surface area (Å²) in [5, 5.41) is 3.07. The molecule has 10 heteroatoms. The summed E-state index contributed by atoms with van der Waals surface area (Å²) in [6, 6.07) is 8.86. The Morgan fingerprint density at radius 2 is 1.97 bits per heavy atom. The molecular weight excluding hydrogens is 420 g/mol. The van der Waals surface area contributed by atoms with E-state index in [-0.39, 0.29) is 24.8 Å². The fourth-order valence-electron chi connectivity index (χ4n) is 3.00. The molecule has 8 nitrogen and oxygen atoms in total. The molecule has 2 aromatic carbocycles. The van der Waals surface area contributed by atoms with Crippen LogP contribution in [-0.4, -0.2) is 40.5 Å². The van der Waals surface area contributed by atoms with Crippen LogP contribution in [0, 0.1) is 0 Å². The number of rotatable bonds is 7. The molecule has 0 saturated carbocycles. The number of carbonyl (C=O) groups excluding carboxylic acids is 1. The lowest BCUT2D eigenvalue weighted by Gasteiger charge is -2.29. The molecule has 1 aliphatic heterocycles. The van der Waals surface area contributed by atoms with E-state index >= 15 is 0 Å². The van der Waals surface area contributed by atoms with Crippen LogP contribution in [0.5, 0.6) is 17.2 Å². The van der Waals surface area contributed by atoms with E-state index < -0.39 is 22.0 Å². The van der Waals surface area contributed by atoms with Crippen molar-refractivity contribution in [3.8, 4) is 17.2 Å². The largest absolute Gasteiger partial charge is 0.495 e. The average Bonchev–Trinajstić information content (AvgIpc) is 3.13. The molecular formula is C19H21ClN2O6S. The third-order valence-electron chi connectivity index (χ3n) is 4.37. The van der Waals surface area contributed by atoms with Crippen molar-refractivity contribution < 1.29 is 27.4 Å². The summed E-state index contributed by atoms with van der Waals surface area (Å²) in [6.07, 6.45) is 1.02. The minimum absolute atomic E-state index is 0.160. The number of benzene rings is 2. The highest BCUT2D eigenvalue weighted by molar-refractivity contribution is 7.92. The summed E-state index contributed by atoms with van der Waals surface area (Å²) in [7, 11) is -2.39. The van der Waals surface area contributed by atoms with Gasteiger partial charge in [-0.05, 0) is 42.8 Å². The van der Waals surface area contributed by atoms with Gasteiger partial charge in [-0.1, -0.05) is 17.7 Å². The van der Waals surface area contributed by atoms with Crippen LogP contribution in [0.4, 0.5) is 5.69 Å². The summed E-state index contributed by atoms with van der Waals surface area (Å²) in [5.41, 5.74) is 0.981. The van der Waals surface area contributed by atoms with Crippen LogP contribution in [0.3, 0.4) is 0 Å². The van der Waals surface area contributed by atoms with Crippen molar-refractivity contribution in [1.82, 2.24) is 5.32 Å². The first-order valence-electron chi connectivity index (χ1n) is 8.70. The molecule has 3 rings (SSSR count). The van der Waals surface area contributed by atoms with Crippen molar-refractivity contribution in [2.45, 2.75) is 19.5 Å². The zero-order valence-corrected chi connectivity index (χ0v) is 17.7. The first-order chi connectivity index (χ1) is 13.7. The molecule has 1 N–H and O–H groups in total. The Kier molecular flexibility index (Phi) is 6.09. The molecule has 1 atom stereocenters. The maximum absolute atomic E-state index is 12.7. The number of methoxy groups -OCH3 is 1. The molecule has 0 bridgehead atoms. The van der Waals surface area contributed by atoms with E-state index in [1.165, 1.54) is 20.1 Å². The molecule has 0 aromatic heterocycles. The van der Waals surface area contributed by atoms with E-state index in [0.29, 0.717) is 16.5 Å². The third-order valence-corrected chi connectivity index (χ3v) is 5.83. The van der Waals surface area contributed by atoms with E-state index in [1.54, 1.807) is 30.3 Å². The molecule has 0 radical (unpaired) electrons. The smallest absolute Gasteiger partial charge is 0.243 e. The second kappa shape index (κ2) is 8.38. The number of amides is 1. The lowest BCUT2D eigenvalue weighted by molar-refractivity contribution is -0.122. The van der Waals surface area contributed by atoms with Gasteiger partial charge in [0.2, 0.25) is 22.7 Å². The molecule has 1 aliphatic rings. The average molecular weight is 441 g/mol. The number of ether oxygens (including phenoxy) is 3. The summed E-state index contributed by atoms with van der Waals surface area (Å²) < 4.78 is 41.8. The lowest BCUT2D eigenvalue weighted by atomic mass is 10.2. The lowest BCUT2D eigenvalue weighted by Crippen LogP contribution is -2.47. The second-order valence-corrected chi connectivity index (χ2v) is 8.75. The second-order valence-electron chi connectivity index (χ2n) is 6.46. The Morgan fingerprint density at radius 3 is 2.66 bits per heavy atom. The number of nitrogens with one attached hydrogen (secondary N) is 1. The third kappa shape index (κ3) is 4.68. The SMILES string of the molecule is COc1ccc(Cl)cc1N([C@@H](C)C(=O)NCc1ccc2c(c1)OCO2)S(C)(=O)=O. The number of hydrogen-bond donors (Lipinski definition) is 1. The molecule has 0 fully saturated rings. The predicted octanol–water partition coefficient (Wildman–Crippen LogP) is 2.55. The molecule has 29 heavy (non-hydrogen) atoms. The Bertz CT molecular complexity index is 1030. The highest BCUT2D eigenvalue weighted by Gasteiger charge is 2.31. The number of hydrogen-bond acceptors (Lipinski definition) is 6. The van der Waals surface area contributed by atoms with Gasteiger partial charge in [0.05, 0.1) is 19.1 Å². The van der Waals surface area contributed by atoms with Crippen molar-refractivity contribution in [3.63, 3.8) is 0 Å². The van der Waals surface area contributed by atoms with Gasteiger partial charge in [-0.3, -0.25) is 9.10 Å². The molecule has 0 saturated heterocycles. The van der Waals surface area contributed by atoms with Crippen molar-refractivity contribution in [3.05, 3.63) is 47.0 Å². The molecule has 0 unspecified atom stereocenters. The predicted molar refractivity (Wildman–Crippen MR) is 109 cm³/mol. The quantitative estimate of drug-likeness (QED) is 0.711.